The fraction of sp³-hybridized carbons (Fsp3) is 0. The molecule has 26 valence electrons. The minimum absolute atomic E-state index is 0. The number of hydrogen-bond donors (Lipinski definition) is 0. The maximum Gasteiger partial charge on any atom is 1.00 e. The summed E-state index contributed by atoms with van der Waals surface area (Å²) in [4.78, 5) is 8.90. The van der Waals surface area contributed by atoms with Gasteiger partial charge in [0.15, 0.2) is 0 Å². The molecule has 0 unspecified atom stereocenters. The first kappa shape index (κ1) is 9.78. The standard InChI is InChI=1S/C2HNO2.K/c3-1-2(4)5;/h(H,4,5);/q;+1/p-1. The van der Waals surface area contributed by atoms with Gasteiger partial charge in [-0.25, -0.2) is 0 Å². The van der Waals surface area contributed by atoms with Crippen LogP contribution in [-0.4, -0.2) is 5.97 Å². The van der Waals surface area contributed by atoms with Crippen LogP contribution < -0.4 is 56.5 Å². The molecule has 0 aliphatic heterocycles. The molecule has 0 spiro atoms. The van der Waals surface area contributed by atoms with E-state index >= 15 is 0 Å². The topological polar surface area (TPSA) is 63.9 Å². The molecule has 0 radical (unpaired) electrons. The molecule has 0 heterocycles. The van der Waals surface area contributed by atoms with Gasteiger partial charge in [0.1, 0.15) is 12.0 Å². The molecule has 0 aliphatic rings. The van der Waals surface area contributed by atoms with E-state index in [4.69, 9.17) is 15.2 Å². The number of carbonyl (C=O) groups is 1. The van der Waals surface area contributed by atoms with Gasteiger partial charge in [-0.1, -0.05) is 0 Å². The van der Waals surface area contributed by atoms with Gasteiger partial charge in [-0.2, -0.15) is 5.26 Å². The molecule has 0 fully saturated rings. The zero-order valence-corrected chi connectivity index (χ0v) is 6.39. The number of hydrogen-bond acceptors (Lipinski definition) is 3. The van der Waals surface area contributed by atoms with Gasteiger partial charge >= 0.3 is 51.4 Å². The van der Waals surface area contributed by atoms with Crippen LogP contribution in [0.2, 0.25) is 0 Å². The summed E-state index contributed by atoms with van der Waals surface area (Å²) < 4.78 is 0. The Balaban J connectivity index is 0. The predicted molar refractivity (Wildman–Crippen MR) is 10.6 cm³/mol. The fourth-order valence-corrected chi connectivity index (χ4v) is 0. The summed E-state index contributed by atoms with van der Waals surface area (Å²) in [7, 11) is 0. The molecule has 0 N–H and O–H groups in total. The Labute approximate surface area is 77.4 Å². The van der Waals surface area contributed by atoms with Gasteiger partial charge in [0, 0.05) is 0 Å². The molecule has 0 amide bonds. The summed E-state index contributed by atoms with van der Waals surface area (Å²) in [6.07, 6.45) is 0. The monoisotopic (exact) mass is 109 g/mol. The Bertz CT molecular complexity index is 84.0. The second-order valence-electron chi connectivity index (χ2n) is 0.399. The van der Waals surface area contributed by atoms with Crippen LogP contribution in [0.1, 0.15) is 0 Å². The molecular formula is C2KNO2. The maximum atomic E-state index is 8.90. The molecule has 6 heavy (non-hydrogen) atoms. The van der Waals surface area contributed by atoms with Crippen LogP contribution in [0.3, 0.4) is 0 Å². The average molecular weight is 109 g/mol. The first-order chi connectivity index (χ1) is 2.27. The number of carbonyl (C=O) groups excluding carboxylic acids is 1. The van der Waals surface area contributed by atoms with Crippen LogP contribution in [0.5, 0.6) is 0 Å². The molecular weight excluding hydrogens is 109 g/mol. The number of rotatable bonds is 0. The summed E-state index contributed by atoms with van der Waals surface area (Å²) in [5.74, 6) is -1.69. The smallest absolute Gasteiger partial charge is 0.535 e. The van der Waals surface area contributed by atoms with Crippen molar-refractivity contribution < 1.29 is 61.3 Å². The SMILES string of the molecule is N#CC(=O)[O-].[K+]. The van der Waals surface area contributed by atoms with Crippen LogP contribution in [0.25, 0.3) is 0 Å². The Morgan fingerprint density at radius 2 is 2.00 bits per heavy atom. The van der Waals surface area contributed by atoms with E-state index in [2.05, 4.69) is 0 Å². The summed E-state index contributed by atoms with van der Waals surface area (Å²) in [5.41, 5.74) is 0. The van der Waals surface area contributed by atoms with Crippen LogP contribution in [0, 0.1) is 11.3 Å². The zero-order valence-electron chi connectivity index (χ0n) is 3.26. The van der Waals surface area contributed by atoms with Crippen molar-refractivity contribution in [2.24, 2.45) is 0 Å². The van der Waals surface area contributed by atoms with Gasteiger partial charge in [0.05, 0.1) is 0 Å². The minimum Gasteiger partial charge on any atom is -0.535 e. The molecule has 0 aliphatic carbocycles. The first-order valence-electron chi connectivity index (χ1n) is 0.882. The van der Waals surface area contributed by atoms with E-state index in [9.17, 15) is 0 Å². The molecule has 0 rings (SSSR count). The van der Waals surface area contributed by atoms with E-state index in [1.54, 1.807) is 0 Å². The summed E-state index contributed by atoms with van der Waals surface area (Å²) in [5, 5.41) is 16.1. The Hall–Kier alpha value is 0.596. The van der Waals surface area contributed by atoms with E-state index in [0.717, 1.165) is 6.07 Å². The average Bonchev–Trinajstić information content (AvgIpc) is 1.38. The Morgan fingerprint density at radius 1 is 1.83 bits per heavy atom. The number of aliphatic carboxylic acids is 1. The van der Waals surface area contributed by atoms with Crippen molar-refractivity contribution in [1.29, 1.82) is 5.26 Å². The van der Waals surface area contributed by atoms with Crippen molar-refractivity contribution in [3.05, 3.63) is 0 Å². The van der Waals surface area contributed by atoms with Gasteiger partial charge in [-0.3, -0.25) is 0 Å². The van der Waals surface area contributed by atoms with E-state index < -0.39 is 5.97 Å². The first-order valence-corrected chi connectivity index (χ1v) is 0.882. The largest absolute Gasteiger partial charge is 1.00 e. The van der Waals surface area contributed by atoms with Gasteiger partial charge in [-0.15, -0.1) is 0 Å². The summed E-state index contributed by atoms with van der Waals surface area (Å²) in [6.45, 7) is 0. The van der Waals surface area contributed by atoms with Crippen LogP contribution >= 0.6 is 0 Å². The molecule has 0 saturated heterocycles. The van der Waals surface area contributed by atoms with Crippen LogP contribution in [0.15, 0.2) is 0 Å². The molecule has 4 heteroatoms. The second kappa shape index (κ2) is 5.60. The van der Waals surface area contributed by atoms with E-state index in [1.807, 2.05) is 0 Å². The van der Waals surface area contributed by atoms with Crippen molar-refractivity contribution in [2.75, 3.05) is 0 Å². The normalized spacial score (nSPS) is 4.50. The number of carboxylic acid groups (broad SMARTS) is 1. The van der Waals surface area contributed by atoms with Crippen LogP contribution in [-0.2, 0) is 4.79 Å². The van der Waals surface area contributed by atoms with Crippen LogP contribution in [0.4, 0.5) is 0 Å². The van der Waals surface area contributed by atoms with Crippen molar-refractivity contribution in [3.63, 3.8) is 0 Å². The number of nitriles is 1. The number of nitrogens with zero attached hydrogens (tertiary/aromatic N) is 1. The van der Waals surface area contributed by atoms with E-state index in [-0.39, 0.29) is 51.4 Å². The Kier molecular flexibility index (Phi) is 9.12. The number of carboxylic acids is 1. The van der Waals surface area contributed by atoms with E-state index in [0.29, 0.717) is 0 Å². The quantitative estimate of drug-likeness (QED) is 0.232. The minimum atomic E-state index is -1.69. The van der Waals surface area contributed by atoms with E-state index in [1.165, 1.54) is 0 Å². The Morgan fingerprint density at radius 3 is 2.00 bits per heavy atom. The van der Waals surface area contributed by atoms with Crippen molar-refractivity contribution >= 4 is 5.97 Å². The van der Waals surface area contributed by atoms with Gasteiger partial charge in [-0.05, 0) is 0 Å². The summed E-state index contributed by atoms with van der Waals surface area (Å²) in [6, 6.07) is 0.833. The van der Waals surface area contributed by atoms with Gasteiger partial charge in [0.2, 0.25) is 0 Å². The van der Waals surface area contributed by atoms with Gasteiger partial charge in [0.25, 0.3) is 0 Å². The molecule has 0 aromatic rings. The molecule has 3 nitrogen and oxygen atoms in total. The van der Waals surface area contributed by atoms with Crippen molar-refractivity contribution in [1.82, 2.24) is 0 Å². The molecule has 0 bridgehead atoms. The third-order valence-corrected chi connectivity index (χ3v) is 0.0913. The predicted octanol–water partition coefficient (Wildman–Crippen LogP) is -4.74. The fourth-order valence-electron chi connectivity index (χ4n) is 0. The van der Waals surface area contributed by atoms with Crippen molar-refractivity contribution in [3.8, 4) is 6.07 Å². The third-order valence-electron chi connectivity index (χ3n) is 0.0913. The molecule has 0 saturated carbocycles. The molecule has 0 aromatic carbocycles. The third kappa shape index (κ3) is 8.82. The zero-order chi connectivity index (χ0) is 4.28. The second-order valence-corrected chi connectivity index (χ2v) is 0.399. The summed E-state index contributed by atoms with van der Waals surface area (Å²) >= 11 is 0. The molecule has 0 atom stereocenters. The van der Waals surface area contributed by atoms with Gasteiger partial charge < -0.3 is 9.90 Å². The van der Waals surface area contributed by atoms with Crippen molar-refractivity contribution in [2.45, 2.75) is 0 Å². The molecule has 0 aromatic heterocycles. The maximum absolute atomic E-state index is 8.90.